The monoisotopic (exact) mass is 481 g/mol. The van der Waals surface area contributed by atoms with Crippen molar-refractivity contribution in [2.24, 2.45) is 7.05 Å². The maximum atomic E-state index is 13.0. The number of amides is 2. The van der Waals surface area contributed by atoms with Crippen LogP contribution in [0.1, 0.15) is 26.4 Å². The fourth-order valence-electron chi connectivity index (χ4n) is 4.09. The Labute approximate surface area is 201 Å². The molecule has 0 saturated carbocycles. The van der Waals surface area contributed by atoms with Crippen LogP contribution in [0.15, 0.2) is 48.5 Å². The maximum Gasteiger partial charge on any atom is 0.274 e. The first-order valence-electron chi connectivity index (χ1n) is 11.0. The number of ether oxygens (including phenoxy) is 2. The highest BCUT2D eigenvalue weighted by atomic mass is 35.5. The number of rotatable bonds is 5. The summed E-state index contributed by atoms with van der Waals surface area (Å²) in [5.41, 5.74) is 1.80. The lowest BCUT2D eigenvalue weighted by Gasteiger charge is -2.34. The topological polar surface area (TPSA) is 88.9 Å². The summed E-state index contributed by atoms with van der Waals surface area (Å²) in [6.07, 6.45) is 0. The molecule has 2 amide bonds. The number of hydrogen-bond acceptors (Lipinski definition) is 6. The molecule has 0 aliphatic carbocycles. The Hall–Kier alpha value is -3.56. The molecule has 1 fully saturated rings. The van der Waals surface area contributed by atoms with Crippen LogP contribution >= 0.6 is 11.6 Å². The highest BCUT2D eigenvalue weighted by Crippen LogP contribution is 2.33. The fourth-order valence-corrected chi connectivity index (χ4v) is 4.31. The van der Waals surface area contributed by atoms with E-state index in [0.29, 0.717) is 35.2 Å². The van der Waals surface area contributed by atoms with Gasteiger partial charge in [0.25, 0.3) is 11.8 Å². The number of benzene rings is 2. The van der Waals surface area contributed by atoms with Gasteiger partial charge in [-0.1, -0.05) is 29.8 Å². The minimum Gasteiger partial charge on any atom is -0.454 e. The van der Waals surface area contributed by atoms with E-state index in [4.69, 9.17) is 21.1 Å². The molecule has 1 N–H and O–H groups in total. The van der Waals surface area contributed by atoms with Gasteiger partial charge in [-0.05, 0) is 29.8 Å². The third-order valence-electron chi connectivity index (χ3n) is 5.96. The van der Waals surface area contributed by atoms with E-state index in [1.165, 1.54) is 4.68 Å². The number of aryl methyl sites for hydroxylation is 1. The highest BCUT2D eigenvalue weighted by molar-refractivity contribution is 6.34. The molecule has 1 aromatic heterocycles. The summed E-state index contributed by atoms with van der Waals surface area (Å²) in [6, 6.07) is 14.4. The summed E-state index contributed by atoms with van der Waals surface area (Å²) in [5, 5.41) is 7.45. The number of nitrogens with zero attached hydrogens (tertiary/aromatic N) is 4. The molecule has 10 heteroatoms. The fraction of sp³-hybridized carbons (Fsp3) is 0.292. The molecule has 2 aliphatic rings. The normalized spacial score (nSPS) is 15.4. The van der Waals surface area contributed by atoms with Crippen molar-refractivity contribution in [3.05, 3.63) is 70.4 Å². The van der Waals surface area contributed by atoms with Gasteiger partial charge < -0.3 is 19.7 Å². The van der Waals surface area contributed by atoms with Gasteiger partial charge in [-0.2, -0.15) is 5.10 Å². The molecule has 0 atom stereocenters. The summed E-state index contributed by atoms with van der Waals surface area (Å²) >= 11 is 6.11. The third-order valence-corrected chi connectivity index (χ3v) is 6.29. The van der Waals surface area contributed by atoms with Gasteiger partial charge in [-0.15, -0.1) is 0 Å². The number of carbonyl (C=O) groups excluding carboxylic acids is 2. The van der Waals surface area contributed by atoms with Crippen LogP contribution < -0.4 is 14.8 Å². The lowest BCUT2D eigenvalue weighted by atomic mass is 10.1. The van der Waals surface area contributed by atoms with Gasteiger partial charge in [0.15, 0.2) is 17.2 Å². The zero-order chi connectivity index (χ0) is 23.7. The van der Waals surface area contributed by atoms with E-state index < -0.39 is 0 Å². The van der Waals surface area contributed by atoms with Crippen molar-refractivity contribution in [1.82, 2.24) is 19.6 Å². The lowest BCUT2D eigenvalue weighted by molar-refractivity contribution is 0.0622. The molecule has 0 bridgehead atoms. The van der Waals surface area contributed by atoms with E-state index in [-0.39, 0.29) is 18.6 Å². The molecule has 3 heterocycles. The molecule has 176 valence electrons. The molecular formula is C24H24ClN5O4. The molecule has 34 heavy (non-hydrogen) atoms. The lowest BCUT2D eigenvalue weighted by Crippen LogP contribution is -2.48. The second kappa shape index (κ2) is 9.36. The molecule has 2 aromatic carbocycles. The number of fused-ring (bicyclic) bond motifs is 1. The number of carbonyl (C=O) groups is 2. The maximum absolute atomic E-state index is 13.0. The van der Waals surface area contributed by atoms with Crippen molar-refractivity contribution in [3.63, 3.8) is 0 Å². The van der Waals surface area contributed by atoms with E-state index in [1.54, 1.807) is 42.3 Å². The van der Waals surface area contributed by atoms with E-state index in [2.05, 4.69) is 15.3 Å². The predicted molar refractivity (Wildman–Crippen MR) is 126 cm³/mol. The second-order valence-electron chi connectivity index (χ2n) is 8.23. The van der Waals surface area contributed by atoms with Crippen LogP contribution in [0.5, 0.6) is 11.5 Å². The predicted octanol–water partition coefficient (Wildman–Crippen LogP) is 3.01. The number of piperazine rings is 1. The quantitative estimate of drug-likeness (QED) is 0.602. The SMILES string of the molecule is Cn1nc(C(=O)N2CCN(Cc3ccc4c(c3)OCO4)CC2)cc1NC(=O)c1ccccc1Cl. The van der Waals surface area contributed by atoms with Crippen molar-refractivity contribution in [2.45, 2.75) is 6.54 Å². The van der Waals surface area contributed by atoms with E-state index >= 15 is 0 Å². The molecule has 9 nitrogen and oxygen atoms in total. The van der Waals surface area contributed by atoms with Crippen LogP contribution in [-0.4, -0.2) is 64.4 Å². The van der Waals surface area contributed by atoms with Gasteiger partial charge in [0.2, 0.25) is 6.79 Å². The standard InChI is InChI=1S/C24H24ClN5O4/c1-28-22(26-23(31)17-4-2-3-5-18(17)25)13-19(27-28)24(32)30-10-8-29(9-11-30)14-16-6-7-20-21(12-16)34-15-33-20/h2-7,12-13H,8-11,14-15H2,1H3,(H,26,31). The van der Waals surface area contributed by atoms with Gasteiger partial charge in [0, 0.05) is 45.8 Å². The molecule has 0 unspecified atom stereocenters. The summed E-state index contributed by atoms with van der Waals surface area (Å²) in [7, 11) is 1.68. The summed E-state index contributed by atoms with van der Waals surface area (Å²) in [6.45, 7) is 3.74. The van der Waals surface area contributed by atoms with Gasteiger partial charge in [0.05, 0.1) is 10.6 Å². The molecule has 5 rings (SSSR count). The van der Waals surface area contributed by atoms with E-state index in [0.717, 1.165) is 36.7 Å². The van der Waals surface area contributed by atoms with Crippen molar-refractivity contribution < 1.29 is 19.1 Å². The second-order valence-corrected chi connectivity index (χ2v) is 8.64. The smallest absolute Gasteiger partial charge is 0.274 e. The van der Waals surface area contributed by atoms with Crippen molar-refractivity contribution in [3.8, 4) is 11.5 Å². The van der Waals surface area contributed by atoms with Gasteiger partial charge in [-0.3, -0.25) is 19.2 Å². The number of halogens is 1. The number of hydrogen-bond donors (Lipinski definition) is 1. The molecule has 3 aromatic rings. The van der Waals surface area contributed by atoms with Crippen molar-refractivity contribution in [2.75, 3.05) is 38.3 Å². The largest absolute Gasteiger partial charge is 0.454 e. The summed E-state index contributed by atoms with van der Waals surface area (Å²) in [5.74, 6) is 1.46. The first-order chi connectivity index (χ1) is 16.5. The minimum absolute atomic E-state index is 0.156. The van der Waals surface area contributed by atoms with Gasteiger partial charge in [0.1, 0.15) is 5.82 Å². The number of aromatic nitrogens is 2. The first kappa shape index (κ1) is 22.2. The van der Waals surface area contributed by atoms with Crippen LogP contribution in [0.25, 0.3) is 0 Å². The molecule has 0 spiro atoms. The zero-order valence-corrected chi connectivity index (χ0v) is 19.4. The van der Waals surface area contributed by atoms with Crippen molar-refractivity contribution in [1.29, 1.82) is 0 Å². The Kier molecular flexibility index (Phi) is 6.12. The Morgan fingerprint density at radius 1 is 1.03 bits per heavy atom. The summed E-state index contributed by atoms with van der Waals surface area (Å²) in [4.78, 5) is 29.7. The molecule has 0 radical (unpaired) electrons. The van der Waals surface area contributed by atoms with E-state index in [1.807, 2.05) is 18.2 Å². The van der Waals surface area contributed by atoms with Crippen LogP contribution in [-0.2, 0) is 13.6 Å². The number of anilines is 1. The Balaban J connectivity index is 1.18. The third kappa shape index (κ3) is 4.57. The molecule has 2 aliphatic heterocycles. The van der Waals surface area contributed by atoms with Gasteiger partial charge >= 0.3 is 0 Å². The Morgan fingerprint density at radius 2 is 1.79 bits per heavy atom. The molecular weight excluding hydrogens is 458 g/mol. The zero-order valence-electron chi connectivity index (χ0n) is 18.7. The van der Waals surface area contributed by atoms with E-state index in [9.17, 15) is 9.59 Å². The van der Waals surface area contributed by atoms with Crippen LogP contribution in [0.3, 0.4) is 0 Å². The Bertz CT molecular complexity index is 1240. The summed E-state index contributed by atoms with van der Waals surface area (Å²) < 4.78 is 12.3. The average molecular weight is 482 g/mol. The minimum atomic E-state index is -0.357. The number of nitrogens with one attached hydrogen (secondary N) is 1. The van der Waals surface area contributed by atoms with Crippen LogP contribution in [0.4, 0.5) is 5.82 Å². The first-order valence-corrected chi connectivity index (χ1v) is 11.4. The van der Waals surface area contributed by atoms with Crippen molar-refractivity contribution >= 4 is 29.2 Å². The highest BCUT2D eigenvalue weighted by Gasteiger charge is 2.25. The average Bonchev–Trinajstić information content (AvgIpc) is 3.45. The molecule has 1 saturated heterocycles. The van der Waals surface area contributed by atoms with Gasteiger partial charge in [-0.25, -0.2) is 0 Å². The van der Waals surface area contributed by atoms with Crippen LogP contribution in [0, 0.1) is 0 Å². The Morgan fingerprint density at radius 3 is 2.59 bits per heavy atom. The van der Waals surface area contributed by atoms with Crippen LogP contribution in [0.2, 0.25) is 5.02 Å².